The van der Waals surface area contributed by atoms with Gasteiger partial charge in [0.15, 0.2) is 0 Å². The second-order valence-electron chi connectivity index (χ2n) is 5.03. The van der Waals surface area contributed by atoms with Crippen molar-refractivity contribution in [2.24, 2.45) is 0 Å². The number of ether oxygens (including phenoxy) is 2. The number of hydrogen-bond donors (Lipinski definition) is 2. The van der Waals surface area contributed by atoms with Gasteiger partial charge in [0.1, 0.15) is 12.4 Å². The molecule has 1 heterocycles. The number of carbonyl (C=O) groups excluding carboxylic acids is 1. The second kappa shape index (κ2) is 7.26. The topological polar surface area (TPSA) is 67.8 Å². The van der Waals surface area contributed by atoms with Gasteiger partial charge in [0.05, 0.1) is 12.7 Å². The predicted octanol–water partition coefficient (Wildman–Crippen LogP) is 1.36. The maximum atomic E-state index is 11.9. The number of nitrogens with one attached hydrogen (secondary N) is 1. The van der Waals surface area contributed by atoms with Gasteiger partial charge in [0.2, 0.25) is 0 Å². The summed E-state index contributed by atoms with van der Waals surface area (Å²) >= 11 is 0. The third-order valence-electron chi connectivity index (χ3n) is 3.21. The smallest absolute Gasteiger partial charge is 0.251 e. The Morgan fingerprint density at radius 1 is 1.60 bits per heavy atom. The summed E-state index contributed by atoms with van der Waals surface area (Å²) in [5.74, 6) is 0.443. The fourth-order valence-electron chi connectivity index (χ4n) is 2.04. The van der Waals surface area contributed by atoms with Gasteiger partial charge in [-0.05, 0) is 38.0 Å². The fraction of sp³-hybridized carbons (Fsp3) is 0.533. The zero-order chi connectivity index (χ0) is 14.4. The van der Waals surface area contributed by atoms with Crippen LogP contribution in [0.25, 0.3) is 0 Å². The van der Waals surface area contributed by atoms with E-state index in [0.29, 0.717) is 17.9 Å². The largest absolute Gasteiger partial charge is 0.491 e. The second-order valence-corrected chi connectivity index (χ2v) is 5.03. The lowest BCUT2D eigenvalue weighted by Gasteiger charge is -2.13. The molecule has 5 nitrogen and oxygen atoms in total. The molecule has 2 N–H and O–H groups in total. The van der Waals surface area contributed by atoms with Crippen LogP contribution in [0.4, 0.5) is 0 Å². The minimum Gasteiger partial charge on any atom is -0.491 e. The number of aliphatic hydroxyl groups excluding tert-OH is 1. The Bertz CT molecular complexity index is 443. The minimum absolute atomic E-state index is 0.0824. The van der Waals surface area contributed by atoms with E-state index in [-0.39, 0.29) is 24.7 Å². The van der Waals surface area contributed by atoms with E-state index in [4.69, 9.17) is 14.6 Å². The number of hydrogen-bond acceptors (Lipinski definition) is 4. The van der Waals surface area contributed by atoms with Gasteiger partial charge in [-0.2, -0.15) is 0 Å². The number of rotatable bonds is 6. The lowest BCUT2D eigenvalue weighted by molar-refractivity contribution is 0.0679. The van der Waals surface area contributed by atoms with Crippen LogP contribution in [-0.2, 0) is 4.74 Å². The van der Waals surface area contributed by atoms with Crippen LogP contribution in [0, 0.1) is 0 Å². The minimum atomic E-state index is -0.265. The van der Waals surface area contributed by atoms with Crippen molar-refractivity contribution >= 4 is 5.91 Å². The highest BCUT2D eigenvalue weighted by Crippen LogP contribution is 2.17. The van der Waals surface area contributed by atoms with Gasteiger partial charge in [-0.25, -0.2) is 0 Å². The molecule has 2 atom stereocenters. The first-order valence-corrected chi connectivity index (χ1v) is 6.95. The van der Waals surface area contributed by atoms with Crippen molar-refractivity contribution in [3.8, 4) is 5.75 Å². The van der Waals surface area contributed by atoms with Crippen molar-refractivity contribution in [3.63, 3.8) is 0 Å². The molecule has 0 aromatic heterocycles. The van der Waals surface area contributed by atoms with Crippen LogP contribution in [0.5, 0.6) is 5.75 Å². The molecule has 0 bridgehead atoms. The van der Waals surface area contributed by atoms with Crippen LogP contribution < -0.4 is 10.1 Å². The third kappa shape index (κ3) is 4.21. The number of benzene rings is 1. The van der Waals surface area contributed by atoms with Crippen LogP contribution in [0.15, 0.2) is 24.3 Å². The molecule has 1 aliphatic rings. The summed E-state index contributed by atoms with van der Waals surface area (Å²) in [4.78, 5) is 11.9. The van der Waals surface area contributed by atoms with Gasteiger partial charge in [-0.3, -0.25) is 4.79 Å². The Morgan fingerprint density at radius 2 is 2.45 bits per heavy atom. The lowest BCUT2D eigenvalue weighted by Crippen LogP contribution is -2.34. The quantitative estimate of drug-likeness (QED) is 0.825. The van der Waals surface area contributed by atoms with Gasteiger partial charge in [0.25, 0.3) is 5.91 Å². The monoisotopic (exact) mass is 279 g/mol. The van der Waals surface area contributed by atoms with Crippen molar-refractivity contribution < 1.29 is 19.4 Å². The standard InChI is InChI=1S/C15H21NO4/c1-11(9-17)16-15(18)12-4-2-5-13(8-12)20-10-14-6-3-7-19-14/h2,4-5,8,11,14,17H,3,6-7,9-10H2,1H3,(H,16,18). The average Bonchev–Trinajstić information content (AvgIpc) is 2.98. The molecule has 1 saturated heterocycles. The Morgan fingerprint density at radius 3 is 3.15 bits per heavy atom. The highest BCUT2D eigenvalue weighted by atomic mass is 16.5. The summed E-state index contributed by atoms with van der Waals surface area (Å²) in [6.07, 6.45) is 2.26. The highest BCUT2D eigenvalue weighted by Gasteiger charge is 2.16. The zero-order valence-electron chi connectivity index (χ0n) is 11.7. The van der Waals surface area contributed by atoms with Crippen LogP contribution in [0.1, 0.15) is 30.1 Å². The van der Waals surface area contributed by atoms with Gasteiger partial charge >= 0.3 is 0 Å². The van der Waals surface area contributed by atoms with E-state index < -0.39 is 0 Å². The molecule has 0 aliphatic carbocycles. The highest BCUT2D eigenvalue weighted by molar-refractivity contribution is 5.94. The van der Waals surface area contributed by atoms with Gasteiger partial charge in [-0.15, -0.1) is 0 Å². The van der Waals surface area contributed by atoms with E-state index in [1.54, 1.807) is 25.1 Å². The van der Waals surface area contributed by atoms with E-state index in [1.807, 2.05) is 6.07 Å². The molecule has 5 heteroatoms. The maximum Gasteiger partial charge on any atom is 0.251 e. The van der Waals surface area contributed by atoms with Crippen LogP contribution in [-0.4, -0.2) is 43.0 Å². The third-order valence-corrected chi connectivity index (χ3v) is 3.21. The number of aliphatic hydroxyl groups is 1. The fourth-order valence-corrected chi connectivity index (χ4v) is 2.04. The molecule has 20 heavy (non-hydrogen) atoms. The molecule has 0 radical (unpaired) electrons. The summed E-state index contributed by atoms with van der Waals surface area (Å²) in [6, 6.07) is 6.76. The zero-order valence-corrected chi connectivity index (χ0v) is 11.7. The van der Waals surface area contributed by atoms with Gasteiger partial charge in [-0.1, -0.05) is 6.07 Å². The summed E-state index contributed by atoms with van der Waals surface area (Å²) in [6.45, 7) is 2.98. The van der Waals surface area contributed by atoms with Crippen molar-refractivity contribution in [3.05, 3.63) is 29.8 Å². The number of carbonyl (C=O) groups is 1. The summed E-state index contributed by atoms with van der Waals surface area (Å²) in [5, 5.41) is 11.6. The Hall–Kier alpha value is -1.59. The normalized spacial score (nSPS) is 19.6. The van der Waals surface area contributed by atoms with E-state index in [0.717, 1.165) is 19.4 Å². The molecule has 110 valence electrons. The molecule has 1 aliphatic heterocycles. The molecule has 2 rings (SSSR count). The molecule has 0 spiro atoms. The summed E-state index contributed by atoms with van der Waals surface area (Å²) in [5.41, 5.74) is 0.523. The van der Waals surface area contributed by atoms with E-state index in [9.17, 15) is 4.79 Å². The van der Waals surface area contributed by atoms with Crippen molar-refractivity contribution in [1.82, 2.24) is 5.32 Å². The molecule has 1 aromatic carbocycles. The van der Waals surface area contributed by atoms with Gasteiger partial charge < -0.3 is 19.9 Å². The Labute approximate surface area is 118 Å². The summed E-state index contributed by atoms with van der Waals surface area (Å²) < 4.78 is 11.1. The maximum absolute atomic E-state index is 11.9. The van der Waals surface area contributed by atoms with Crippen LogP contribution in [0.3, 0.4) is 0 Å². The average molecular weight is 279 g/mol. The molecule has 1 amide bonds. The van der Waals surface area contributed by atoms with Crippen LogP contribution in [0.2, 0.25) is 0 Å². The number of amides is 1. The molecule has 1 aromatic rings. The predicted molar refractivity (Wildman–Crippen MR) is 74.9 cm³/mol. The van der Waals surface area contributed by atoms with Crippen molar-refractivity contribution in [2.75, 3.05) is 19.8 Å². The molecule has 1 fully saturated rings. The molecule has 2 unspecified atom stereocenters. The van der Waals surface area contributed by atoms with Crippen LogP contribution >= 0.6 is 0 Å². The first-order chi connectivity index (χ1) is 9.69. The van der Waals surface area contributed by atoms with Crippen molar-refractivity contribution in [1.29, 1.82) is 0 Å². The van der Waals surface area contributed by atoms with Crippen molar-refractivity contribution in [2.45, 2.75) is 31.9 Å². The molecular formula is C15H21NO4. The first kappa shape index (κ1) is 14.8. The van der Waals surface area contributed by atoms with E-state index in [1.165, 1.54) is 0 Å². The SMILES string of the molecule is CC(CO)NC(=O)c1cccc(OCC2CCCO2)c1. The summed E-state index contributed by atoms with van der Waals surface area (Å²) in [7, 11) is 0. The van der Waals surface area contributed by atoms with E-state index in [2.05, 4.69) is 5.32 Å². The molecule has 0 saturated carbocycles. The van der Waals surface area contributed by atoms with E-state index >= 15 is 0 Å². The lowest BCUT2D eigenvalue weighted by atomic mass is 10.2. The Kier molecular flexibility index (Phi) is 5.38. The first-order valence-electron chi connectivity index (χ1n) is 6.95. The molecular weight excluding hydrogens is 258 g/mol. The van der Waals surface area contributed by atoms with Gasteiger partial charge in [0, 0.05) is 18.2 Å². The Balaban J connectivity index is 1.91.